The molecule has 4 rings (SSSR count). The van der Waals surface area contributed by atoms with Crippen LogP contribution in [0.2, 0.25) is 5.02 Å². The van der Waals surface area contributed by atoms with Gasteiger partial charge in [0, 0.05) is 23.0 Å². The van der Waals surface area contributed by atoms with Crippen molar-refractivity contribution in [2.75, 3.05) is 13.7 Å². The Morgan fingerprint density at radius 1 is 1.09 bits per heavy atom. The molecule has 2 heterocycles. The molecule has 0 spiro atoms. The first-order chi connectivity index (χ1) is 16.2. The van der Waals surface area contributed by atoms with Gasteiger partial charge in [-0.3, -0.25) is 9.69 Å². The first kappa shape index (κ1) is 25.4. The number of esters is 1. The maximum absolute atomic E-state index is 12.3. The van der Waals surface area contributed by atoms with E-state index in [1.165, 1.54) is 42.7 Å². The zero-order valence-electron chi connectivity index (χ0n) is 18.7. The van der Waals surface area contributed by atoms with Crippen LogP contribution in [0.3, 0.4) is 0 Å². The molecule has 0 aliphatic carbocycles. The van der Waals surface area contributed by atoms with E-state index in [2.05, 4.69) is 16.3 Å². The molecule has 0 fully saturated rings. The van der Waals surface area contributed by atoms with E-state index in [1.807, 2.05) is 24.3 Å². The lowest BCUT2D eigenvalue weighted by Crippen LogP contribution is -2.38. The number of carboxylic acids is 1. The number of phenols is 1. The second kappa shape index (κ2) is 11.3. The molecule has 2 N–H and O–H groups in total. The Morgan fingerprint density at radius 3 is 2.44 bits per heavy atom. The number of hydrogen-bond acceptors (Lipinski definition) is 7. The molecule has 0 saturated carbocycles. The predicted molar refractivity (Wildman–Crippen MR) is 130 cm³/mol. The molecule has 1 aliphatic rings. The average molecular weight is 502 g/mol. The summed E-state index contributed by atoms with van der Waals surface area (Å²) in [5.41, 5.74) is 1.88. The van der Waals surface area contributed by atoms with Crippen molar-refractivity contribution in [3.63, 3.8) is 0 Å². The maximum Gasteiger partial charge on any atom is 0.339 e. The van der Waals surface area contributed by atoms with Gasteiger partial charge in [0.15, 0.2) is 5.78 Å². The molecule has 1 aliphatic heterocycles. The van der Waals surface area contributed by atoms with Gasteiger partial charge in [-0.1, -0.05) is 35.9 Å². The largest absolute Gasteiger partial charge is 0.506 e. The van der Waals surface area contributed by atoms with Gasteiger partial charge < -0.3 is 14.9 Å². The van der Waals surface area contributed by atoms with Crippen molar-refractivity contribution < 1.29 is 29.3 Å². The number of ether oxygens (including phenoxy) is 1. The monoisotopic (exact) mass is 501 g/mol. The Bertz CT molecular complexity index is 1180. The van der Waals surface area contributed by atoms with E-state index in [-0.39, 0.29) is 22.9 Å². The Hall–Kier alpha value is -3.20. The molecule has 34 heavy (non-hydrogen) atoms. The van der Waals surface area contributed by atoms with E-state index in [9.17, 15) is 19.5 Å². The number of benzene rings is 2. The van der Waals surface area contributed by atoms with Crippen LogP contribution in [0.5, 0.6) is 5.75 Å². The van der Waals surface area contributed by atoms with Crippen LogP contribution in [0, 0.1) is 0 Å². The van der Waals surface area contributed by atoms with Crippen LogP contribution in [-0.4, -0.2) is 46.5 Å². The number of fused-ring (bicyclic) bond motifs is 1. The molecule has 0 radical (unpaired) electrons. The van der Waals surface area contributed by atoms with E-state index in [0.717, 1.165) is 25.1 Å². The Balaban J connectivity index is 0.000000215. The molecule has 3 aromatic rings. The third kappa shape index (κ3) is 5.64. The van der Waals surface area contributed by atoms with Gasteiger partial charge in [0.2, 0.25) is 0 Å². The molecule has 1 aromatic heterocycles. The molecular formula is C25H24ClNO6S. The van der Waals surface area contributed by atoms with Crippen molar-refractivity contribution in [2.45, 2.75) is 25.9 Å². The molecule has 7 nitrogen and oxygen atoms in total. The number of ketones is 1. The van der Waals surface area contributed by atoms with Crippen LogP contribution in [-0.2, 0) is 22.5 Å². The quantitative estimate of drug-likeness (QED) is 0.376. The van der Waals surface area contributed by atoms with Gasteiger partial charge in [-0.25, -0.2) is 9.59 Å². The summed E-state index contributed by atoms with van der Waals surface area (Å²) < 4.78 is 5.01. The number of aromatic carboxylic acids is 1. The fraction of sp³-hybridized carbons (Fsp3) is 0.240. The summed E-state index contributed by atoms with van der Waals surface area (Å²) in [5.74, 6) is -2.34. The van der Waals surface area contributed by atoms with Gasteiger partial charge in [-0.15, -0.1) is 11.3 Å². The summed E-state index contributed by atoms with van der Waals surface area (Å²) in [7, 11) is 1.42. The number of methoxy groups -OCH3 is 1. The lowest BCUT2D eigenvalue weighted by molar-refractivity contribution is -0.147. The first-order valence-corrected chi connectivity index (χ1v) is 11.7. The predicted octanol–water partition coefficient (Wildman–Crippen LogP) is 4.97. The number of Topliss-reactive ketones (excluding diaryl/α,β-unsaturated/α-hetero) is 1. The SMILES string of the molecule is CC(=O)c1cccc(C(=O)O)c1O.COC(=O)[C@H](c1ccccc1Cl)N1CCc2sccc2C1. The lowest BCUT2D eigenvalue weighted by atomic mass is 10.0. The molecular weight excluding hydrogens is 478 g/mol. The second-order valence-electron chi connectivity index (χ2n) is 7.60. The van der Waals surface area contributed by atoms with Crippen molar-refractivity contribution >= 4 is 40.7 Å². The van der Waals surface area contributed by atoms with Crippen molar-refractivity contribution in [1.82, 2.24) is 4.90 Å². The molecule has 9 heteroatoms. The fourth-order valence-corrected chi connectivity index (χ4v) is 4.90. The molecule has 0 amide bonds. The lowest BCUT2D eigenvalue weighted by Gasteiger charge is -2.33. The molecule has 0 saturated heterocycles. The maximum atomic E-state index is 12.3. The Labute approximate surface area is 206 Å². The topological polar surface area (TPSA) is 104 Å². The Morgan fingerprint density at radius 2 is 1.79 bits per heavy atom. The zero-order valence-corrected chi connectivity index (χ0v) is 20.2. The highest BCUT2D eigenvalue weighted by atomic mass is 35.5. The van der Waals surface area contributed by atoms with Crippen LogP contribution in [0.25, 0.3) is 0 Å². The summed E-state index contributed by atoms with van der Waals surface area (Å²) in [4.78, 5) is 37.3. The summed E-state index contributed by atoms with van der Waals surface area (Å²) >= 11 is 8.07. The van der Waals surface area contributed by atoms with Gasteiger partial charge >= 0.3 is 11.9 Å². The van der Waals surface area contributed by atoms with Gasteiger partial charge in [-0.05, 0) is 54.1 Å². The number of carbonyl (C=O) groups is 3. The van der Waals surface area contributed by atoms with Crippen LogP contribution in [0.1, 0.15) is 49.7 Å². The average Bonchev–Trinajstić information content (AvgIpc) is 3.28. The van der Waals surface area contributed by atoms with Gasteiger partial charge in [-0.2, -0.15) is 0 Å². The van der Waals surface area contributed by atoms with Crippen molar-refractivity contribution in [2.24, 2.45) is 0 Å². The highest BCUT2D eigenvalue weighted by Crippen LogP contribution is 2.34. The molecule has 178 valence electrons. The minimum Gasteiger partial charge on any atom is -0.506 e. The van der Waals surface area contributed by atoms with Gasteiger partial charge in [0.1, 0.15) is 17.4 Å². The minimum absolute atomic E-state index is 0.0277. The van der Waals surface area contributed by atoms with E-state index >= 15 is 0 Å². The van der Waals surface area contributed by atoms with E-state index in [4.69, 9.17) is 21.4 Å². The highest BCUT2D eigenvalue weighted by molar-refractivity contribution is 7.10. The molecule has 1 atom stereocenters. The van der Waals surface area contributed by atoms with Crippen molar-refractivity contribution in [3.05, 3.63) is 86.1 Å². The van der Waals surface area contributed by atoms with Crippen molar-refractivity contribution in [1.29, 1.82) is 0 Å². The number of aromatic hydroxyl groups is 1. The van der Waals surface area contributed by atoms with E-state index in [0.29, 0.717) is 5.02 Å². The number of thiophene rings is 1. The van der Waals surface area contributed by atoms with Crippen molar-refractivity contribution in [3.8, 4) is 5.75 Å². The summed E-state index contributed by atoms with van der Waals surface area (Å²) in [6.45, 7) is 2.85. The number of para-hydroxylation sites is 1. The number of nitrogens with zero attached hydrogens (tertiary/aromatic N) is 1. The summed E-state index contributed by atoms with van der Waals surface area (Å²) in [5, 5.41) is 20.6. The zero-order chi connectivity index (χ0) is 24.8. The Kier molecular flexibility index (Phi) is 8.44. The summed E-state index contributed by atoms with van der Waals surface area (Å²) in [6, 6.07) is 13.2. The third-order valence-electron chi connectivity index (χ3n) is 5.47. The first-order valence-electron chi connectivity index (χ1n) is 10.4. The number of halogens is 1. The van der Waals surface area contributed by atoms with Gasteiger partial charge in [0.05, 0.1) is 12.7 Å². The van der Waals surface area contributed by atoms with Crippen LogP contribution in [0.4, 0.5) is 0 Å². The summed E-state index contributed by atoms with van der Waals surface area (Å²) in [6.07, 6.45) is 0.963. The molecule has 2 aromatic carbocycles. The van der Waals surface area contributed by atoms with Gasteiger partial charge in [0.25, 0.3) is 0 Å². The highest BCUT2D eigenvalue weighted by Gasteiger charge is 2.32. The number of carbonyl (C=O) groups excluding carboxylic acids is 2. The number of hydrogen-bond donors (Lipinski definition) is 2. The normalized spacial score (nSPS) is 13.7. The third-order valence-corrected chi connectivity index (χ3v) is 6.84. The van der Waals surface area contributed by atoms with Crippen LogP contribution in [0.15, 0.2) is 53.9 Å². The standard InChI is InChI=1S/C16H16ClNO2S.C9H8O4/c1-20-16(19)15(12-4-2-3-5-13(12)17)18-8-6-14-11(10-18)7-9-21-14;1-5(10)6-3-2-4-7(8(6)11)9(12)13/h2-5,7,9,15H,6,8,10H2,1H3;2-4,11H,1H3,(H,12,13)/t15-;/m0./s1. The van der Waals surface area contributed by atoms with Crippen LogP contribution >= 0.6 is 22.9 Å². The van der Waals surface area contributed by atoms with Crippen LogP contribution < -0.4 is 0 Å². The fourth-order valence-electron chi connectivity index (χ4n) is 3.77. The smallest absolute Gasteiger partial charge is 0.339 e. The van der Waals surface area contributed by atoms with E-state index < -0.39 is 17.8 Å². The number of rotatable bonds is 5. The molecule has 0 unspecified atom stereocenters. The van der Waals surface area contributed by atoms with E-state index in [1.54, 1.807) is 11.3 Å². The second-order valence-corrected chi connectivity index (χ2v) is 9.01. The minimum atomic E-state index is -1.25. The molecule has 0 bridgehead atoms. The number of carboxylic acid groups (broad SMARTS) is 1.